The number of rotatable bonds is 7. The van der Waals surface area contributed by atoms with E-state index in [1.54, 1.807) is 0 Å². The van der Waals surface area contributed by atoms with E-state index in [1.165, 1.54) is 25.0 Å². The molecule has 0 aliphatic rings. The summed E-state index contributed by atoms with van der Waals surface area (Å²) in [5, 5.41) is 3.56. The molecule has 0 saturated carbocycles. The number of nitrogens with one attached hydrogen (secondary N) is 1. The Balaban J connectivity index is 2.71. The van der Waals surface area contributed by atoms with Crippen molar-refractivity contribution in [2.45, 2.75) is 46.1 Å². The van der Waals surface area contributed by atoms with Gasteiger partial charge in [-0.3, -0.25) is 0 Å². The summed E-state index contributed by atoms with van der Waals surface area (Å²) >= 11 is 0. The summed E-state index contributed by atoms with van der Waals surface area (Å²) in [7, 11) is 2.07. The molecule has 92 valence electrons. The van der Waals surface area contributed by atoms with E-state index >= 15 is 0 Å². The minimum atomic E-state index is 0.447. The van der Waals surface area contributed by atoms with Gasteiger partial charge in [-0.05, 0) is 18.9 Å². The van der Waals surface area contributed by atoms with Gasteiger partial charge < -0.3 is 9.88 Å². The number of nitrogens with zero attached hydrogens (tertiary/aromatic N) is 2. The maximum Gasteiger partial charge on any atom is 0.0946 e. The van der Waals surface area contributed by atoms with Crippen molar-refractivity contribution in [1.82, 2.24) is 14.9 Å². The van der Waals surface area contributed by atoms with E-state index in [2.05, 4.69) is 42.7 Å². The van der Waals surface area contributed by atoms with Crippen LogP contribution in [0.2, 0.25) is 0 Å². The van der Waals surface area contributed by atoms with Crippen molar-refractivity contribution in [1.29, 1.82) is 0 Å². The third kappa shape index (κ3) is 3.34. The largest absolute Gasteiger partial charge is 0.336 e. The van der Waals surface area contributed by atoms with Crippen LogP contribution in [-0.4, -0.2) is 16.1 Å². The summed E-state index contributed by atoms with van der Waals surface area (Å²) in [6, 6.07) is 0.447. The van der Waals surface area contributed by atoms with E-state index in [0.717, 1.165) is 12.5 Å². The molecule has 0 fully saturated rings. The fraction of sp³-hybridized carbons (Fsp3) is 0.769. The van der Waals surface area contributed by atoms with Crippen molar-refractivity contribution < 1.29 is 0 Å². The third-order valence-corrected chi connectivity index (χ3v) is 3.39. The molecule has 0 spiro atoms. The monoisotopic (exact) mass is 223 g/mol. The Bertz CT molecular complexity index is 289. The topological polar surface area (TPSA) is 29.9 Å². The fourth-order valence-corrected chi connectivity index (χ4v) is 2.21. The van der Waals surface area contributed by atoms with Gasteiger partial charge in [0.1, 0.15) is 0 Å². The Hall–Kier alpha value is -0.830. The van der Waals surface area contributed by atoms with Crippen molar-refractivity contribution in [3.05, 3.63) is 18.2 Å². The van der Waals surface area contributed by atoms with Gasteiger partial charge >= 0.3 is 0 Å². The zero-order valence-corrected chi connectivity index (χ0v) is 11.0. The Morgan fingerprint density at radius 1 is 1.31 bits per heavy atom. The van der Waals surface area contributed by atoms with Crippen molar-refractivity contribution in [2.24, 2.45) is 13.0 Å². The molecule has 1 rings (SSSR count). The molecule has 1 atom stereocenters. The second-order valence-electron chi connectivity index (χ2n) is 4.46. The highest BCUT2D eigenvalue weighted by Crippen LogP contribution is 2.24. The minimum absolute atomic E-state index is 0.447. The van der Waals surface area contributed by atoms with Gasteiger partial charge in [-0.1, -0.05) is 33.6 Å². The Morgan fingerprint density at radius 2 is 2.00 bits per heavy atom. The van der Waals surface area contributed by atoms with Crippen molar-refractivity contribution in [3.63, 3.8) is 0 Å². The van der Waals surface area contributed by atoms with Crippen LogP contribution in [0.15, 0.2) is 12.5 Å². The number of aryl methyl sites for hydroxylation is 1. The molecule has 0 aliphatic carbocycles. The summed E-state index contributed by atoms with van der Waals surface area (Å²) < 4.78 is 2.12. The zero-order valence-electron chi connectivity index (χ0n) is 11.0. The lowest BCUT2D eigenvalue weighted by Gasteiger charge is -2.23. The molecule has 1 heterocycles. The average Bonchev–Trinajstić information content (AvgIpc) is 2.71. The summed E-state index contributed by atoms with van der Waals surface area (Å²) in [6.45, 7) is 7.73. The lowest BCUT2D eigenvalue weighted by atomic mass is 9.93. The Labute approximate surface area is 99.3 Å². The van der Waals surface area contributed by atoms with E-state index in [-0.39, 0.29) is 0 Å². The Morgan fingerprint density at radius 3 is 2.44 bits per heavy atom. The first-order valence-electron chi connectivity index (χ1n) is 6.42. The van der Waals surface area contributed by atoms with Crippen LogP contribution in [0.1, 0.15) is 51.8 Å². The second-order valence-corrected chi connectivity index (χ2v) is 4.46. The first-order chi connectivity index (χ1) is 7.72. The van der Waals surface area contributed by atoms with Gasteiger partial charge in [0.15, 0.2) is 0 Å². The molecule has 1 aromatic rings. The maximum absolute atomic E-state index is 4.21. The highest BCUT2D eigenvalue weighted by atomic mass is 15.1. The Kier molecular flexibility index (Phi) is 5.53. The van der Waals surface area contributed by atoms with Gasteiger partial charge in [0.25, 0.3) is 0 Å². The third-order valence-electron chi connectivity index (χ3n) is 3.39. The summed E-state index contributed by atoms with van der Waals surface area (Å²) in [6.07, 6.45) is 7.59. The molecule has 1 N–H and O–H groups in total. The van der Waals surface area contributed by atoms with Crippen molar-refractivity contribution >= 4 is 0 Å². The zero-order chi connectivity index (χ0) is 12.0. The fourth-order valence-electron chi connectivity index (χ4n) is 2.21. The van der Waals surface area contributed by atoms with E-state index in [1.807, 2.05) is 12.5 Å². The van der Waals surface area contributed by atoms with Gasteiger partial charge in [0, 0.05) is 19.3 Å². The molecule has 0 amide bonds. The van der Waals surface area contributed by atoms with Gasteiger partial charge in [-0.2, -0.15) is 0 Å². The molecule has 1 aromatic heterocycles. The molecular weight excluding hydrogens is 198 g/mol. The average molecular weight is 223 g/mol. The van der Waals surface area contributed by atoms with Crippen molar-refractivity contribution in [3.8, 4) is 0 Å². The van der Waals surface area contributed by atoms with Crippen LogP contribution in [0, 0.1) is 5.92 Å². The lowest BCUT2D eigenvalue weighted by Crippen LogP contribution is -2.25. The molecule has 0 saturated heterocycles. The molecule has 3 heteroatoms. The van der Waals surface area contributed by atoms with Crippen LogP contribution in [-0.2, 0) is 7.05 Å². The standard InChI is InChI=1S/C13H25N3/c1-5-11(6-2)8-12(15-7-3)13-9-14-10-16(13)4/h9-12,15H,5-8H2,1-4H3. The second kappa shape index (κ2) is 6.69. The lowest BCUT2D eigenvalue weighted by molar-refractivity contribution is 0.366. The number of aromatic nitrogens is 2. The quantitative estimate of drug-likeness (QED) is 0.770. The SMILES string of the molecule is CCNC(CC(CC)CC)c1cncn1C. The predicted molar refractivity (Wildman–Crippen MR) is 68.3 cm³/mol. The number of imidazole rings is 1. The van der Waals surface area contributed by atoms with Crippen molar-refractivity contribution in [2.75, 3.05) is 6.54 Å². The van der Waals surface area contributed by atoms with E-state index in [4.69, 9.17) is 0 Å². The van der Waals surface area contributed by atoms with E-state index in [9.17, 15) is 0 Å². The van der Waals surface area contributed by atoms with Gasteiger partial charge in [-0.15, -0.1) is 0 Å². The predicted octanol–water partition coefficient (Wildman–Crippen LogP) is 2.90. The highest BCUT2D eigenvalue weighted by molar-refractivity contribution is 5.05. The molecule has 16 heavy (non-hydrogen) atoms. The molecule has 1 unspecified atom stereocenters. The van der Waals surface area contributed by atoms with Crippen LogP contribution in [0.4, 0.5) is 0 Å². The van der Waals surface area contributed by atoms with Crippen LogP contribution < -0.4 is 5.32 Å². The number of hydrogen-bond acceptors (Lipinski definition) is 2. The van der Waals surface area contributed by atoms with Crippen LogP contribution >= 0.6 is 0 Å². The summed E-state index contributed by atoms with van der Waals surface area (Å²) in [5.41, 5.74) is 1.30. The van der Waals surface area contributed by atoms with Gasteiger partial charge in [-0.25, -0.2) is 4.98 Å². The maximum atomic E-state index is 4.21. The smallest absolute Gasteiger partial charge is 0.0946 e. The number of hydrogen-bond donors (Lipinski definition) is 1. The molecule has 0 aromatic carbocycles. The van der Waals surface area contributed by atoms with Gasteiger partial charge in [0.05, 0.1) is 12.0 Å². The van der Waals surface area contributed by atoms with E-state index < -0.39 is 0 Å². The van der Waals surface area contributed by atoms with Crippen LogP contribution in [0.3, 0.4) is 0 Å². The molecule has 0 bridgehead atoms. The highest BCUT2D eigenvalue weighted by Gasteiger charge is 2.17. The minimum Gasteiger partial charge on any atom is -0.336 e. The molecule has 0 radical (unpaired) electrons. The normalized spacial score (nSPS) is 13.3. The molecule has 0 aliphatic heterocycles. The summed E-state index contributed by atoms with van der Waals surface area (Å²) in [4.78, 5) is 4.21. The summed E-state index contributed by atoms with van der Waals surface area (Å²) in [5.74, 6) is 0.805. The first-order valence-corrected chi connectivity index (χ1v) is 6.42. The van der Waals surface area contributed by atoms with Gasteiger partial charge in [0.2, 0.25) is 0 Å². The van der Waals surface area contributed by atoms with E-state index in [0.29, 0.717) is 6.04 Å². The van der Waals surface area contributed by atoms with Crippen LogP contribution in [0.5, 0.6) is 0 Å². The first kappa shape index (κ1) is 13.2. The van der Waals surface area contributed by atoms with Crippen LogP contribution in [0.25, 0.3) is 0 Å². The molecular formula is C13H25N3. The molecule has 3 nitrogen and oxygen atoms in total.